The molecule has 0 aromatic carbocycles. The monoisotopic (exact) mass is 384 g/mol. The highest BCUT2D eigenvalue weighted by atomic mass is 16.5. The molecule has 1 fully saturated rings. The molecule has 1 aliphatic rings. The molecule has 0 aliphatic heterocycles. The van der Waals surface area contributed by atoms with E-state index < -0.39 is 29.7 Å². The number of carboxylic acid groups (broad SMARTS) is 1. The minimum atomic E-state index is -0.797. The Hall–Kier alpha value is -1.21. The van der Waals surface area contributed by atoms with Crippen molar-refractivity contribution in [2.45, 2.75) is 71.2 Å². The molecule has 0 aromatic heterocycles. The van der Waals surface area contributed by atoms with E-state index in [-0.39, 0.29) is 18.3 Å². The van der Waals surface area contributed by atoms with Crippen molar-refractivity contribution >= 4 is 5.97 Å². The fraction of sp³-hybridized carbons (Fsp3) is 0.762. The molecule has 0 aromatic rings. The number of hydrogen-bond donors (Lipinski definition) is 4. The average molecular weight is 385 g/mol. The Labute approximate surface area is 162 Å². The van der Waals surface area contributed by atoms with Crippen LogP contribution in [0.4, 0.5) is 0 Å². The van der Waals surface area contributed by atoms with Crippen LogP contribution in [0.2, 0.25) is 0 Å². The summed E-state index contributed by atoms with van der Waals surface area (Å²) in [5, 5.41) is 39.6. The first-order valence-corrected chi connectivity index (χ1v) is 9.86. The Morgan fingerprint density at radius 3 is 2.59 bits per heavy atom. The van der Waals surface area contributed by atoms with Gasteiger partial charge in [0.15, 0.2) is 0 Å². The van der Waals surface area contributed by atoms with Gasteiger partial charge in [0, 0.05) is 30.8 Å². The molecule has 156 valence electrons. The molecule has 1 rings (SSSR count). The quantitative estimate of drug-likeness (QED) is 0.304. The number of allylic oxidation sites excluding steroid dienone is 2. The van der Waals surface area contributed by atoms with E-state index in [9.17, 15) is 20.1 Å². The molecule has 0 bridgehead atoms. The molecule has 0 radical (unpaired) electrons. The molecule has 6 heteroatoms. The first-order valence-electron chi connectivity index (χ1n) is 9.86. The molecule has 0 heterocycles. The van der Waals surface area contributed by atoms with Crippen molar-refractivity contribution < 1.29 is 30.0 Å². The van der Waals surface area contributed by atoms with E-state index in [1.54, 1.807) is 6.08 Å². The summed E-state index contributed by atoms with van der Waals surface area (Å²) in [4.78, 5) is 10.5. The third-order valence-electron chi connectivity index (χ3n) is 5.25. The zero-order valence-electron chi connectivity index (χ0n) is 16.8. The molecule has 1 unspecified atom stereocenters. The van der Waals surface area contributed by atoms with E-state index in [0.29, 0.717) is 38.9 Å². The van der Waals surface area contributed by atoms with Crippen LogP contribution < -0.4 is 0 Å². The number of aliphatic hydroxyl groups is 3. The molecule has 4 N–H and O–H groups in total. The van der Waals surface area contributed by atoms with Crippen LogP contribution in [0.15, 0.2) is 24.3 Å². The maximum absolute atomic E-state index is 10.5. The lowest BCUT2D eigenvalue weighted by Gasteiger charge is -2.28. The van der Waals surface area contributed by atoms with Gasteiger partial charge in [0.25, 0.3) is 0 Å². The maximum Gasteiger partial charge on any atom is 0.303 e. The van der Waals surface area contributed by atoms with E-state index in [2.05, 4.69) is 0 Å². The summed E-state index contributed by atoms with van der Waals surface area (Å²) in [7, 11) is 0. The third kappa shape index (κ3) is 8.13. The van der Waals surface area contributed by atoms with Crippen LogP contribution in [0.1, 0.15) is 52.9 Å². The molecular formula is C21H36O6. The van der Waals surface area contributed by atoms with Crippen molar-refractivity contribution in [3.05, 3.63) is 24.3 Å². The first-order chi connectivity index (χ1) is 12.7. The molecule has 6 nitrogen and oxygen atoms in total. The van der Waals surface area contributed by atoms with Crippen LogP contribution >= 0.6 is 0 Å². The number of ether oxygens (including phenoxy) is 1. The number of rotatable bonds is 12. The smallest absolute Gasteiger partial charge is 0.303 e. The van der Waals surface area contributed by atoms with Crippen molar-refractivity contribution in [1.82, 2.24) is 0 Å². The summed E-state index contributed by atoms with van der Waals surface area (Å²) in [5.74, 6) is -1.14. The van der Waals surface area contributed by atoms with Gasteiger partial charge in [-0.2, -0.15) is 0 Å². The van der Waals surface area contributed by atoms with Gasteiger partial charge < -0.3 is 25.2 Å². The SMILES string of the molecule is CCOCC(C)(C)C(O)/C=C/[C@@H]1[C@@H](C/C=C\CCCC(=O)O)[C@@H](O)C[C@H]1O. The summed E-state index contributed by atoms with van der Waals surface area (Å²) >= 11 is 0. The molecule has 27 heavy (non-hydrogen) atoms. The molecule has 1 saturated carbocycles. The van der Waals surface area contributed by atoms with E-state index in [4.69, 9.17) is 9.84 Å². The van der Waals surface area contributed by atoms with Gasteiger partial charge in [-0.3, -0.25) is 4.79 Å². The number of aliphatic hydroxyl groups excluding tert-OH is 3. The number of aliphatic carboxylic acids is 1. The fourth-order valence-corrected chi connectivity index (χ4v) is 3.39. The second-order valence-electron chi connectivity index (χ2n) is 8.06. The van der Waals surface area contributed by atoms with Gasteiger partial charge in [0.1, 0.15) is 0 Å². The van der Waals surface area contributed by atoms with Gasteiger partial charge >= 0.3 is 5.97 Å². The minimum Gasteiger partial charge on any atom is -0.481 e. The Balaban J connectivity index is 2.62. The molecule has 0 spiro atoms. The standard InChI is InChI=1S/C21H36O6/c1-4-27-14-21(2,3)19(24)12-11-16-15(17(22)13-18(16)23)9-7-5-6-8-10-20(25)26/h5,7,11-12,15-19,22-24H,4,6,8-10,13-14H2,1-3H3,(H,25,26)/b7-5-,12-11+/t15-,16-,17+,18-,19?/m1/s1. The van der Waals surface area contributed by atoms with Crippen molar-refractivity contribution in [3.8, 4) is 0 Å². The zero-order chi connectivity index (χ0) is 20.4. The highest BCUT2D eigenvalue weighted by molar-refractivity contribution is 5.66. The lowest BCUT2D eigenvalue weighted by Crippen LogP contribution is -2.33. The molecule has 1 aliphatic carbocycles. The molecule has 0 amide bonds. The van der Waals surface area contributed by atoms with Crippen LogP contribution in [-0.2, 0) is 9.53 Å². The lowest BCUT2D eigenvalue weighted by molar-refractivity contribution is -0.137. The van der Waals surface area contributed by atoms with Crippen molar-refractivity contribution in [3.63, 3.8) is 0 Å². The van der Waals surface area contributed by atoms with Gasteiger partial charge in [-0.05, 0) is 32.1 Å². The summed E-state index contributed by atoms with van der Waals surface area (Å²) in [6, 6.07) is 0. The average Bonchev–Trinajstić information content (AvgIpc) is 2.86. The highest BCUT2D eigenvalue weighted by Crippen LogP contribution is 2.37. The van der Waals surface area contributed by atoms with Crippen LogP contribution in [0.25, 0.3) is 0 Å². The fourth-order valence-electron chi connectivity index (χ4n) is 3.39. The minimum absolute atomic E-state index is 0.117. The van der Waals surface area contributed by atoms with Gasteiger partial charge in [-0.15, -0.1) is 0 Å². The zero-order valence-corrected chi connectivity index (χ0v) is 16.8. The highest BCUT2D eigenvalue weighted by Gasteiger charge is 2.39. The number of carbonyl (C=O) groups is 1. The molecule has 0 saturated heterocycles. The summed E-state index contributed by atoms with van der Waals surface area (Å²) in [6.45, 7) is 6.79. The Morgan fingerprint density at radius 2 is 1.96 bits per heavy atom. The van der Waals surface area contributed by atoms with E-state index in [1.165, 1.54) is 0 Å². The normalized spacial score (nSPS) is 27.6. The maximum atomic E-state index is 10.5. The second kappa shape index (κ2) is 11.6. The molecular weight excluding hydrogens is 348 g/mol. The molecule has 5 atom stereocenters. The van der Waals surface area contributed by atoms with Gasteiger partial charge in [-0.25, -0.2) is 0 Å². The van der Waals surface area contributed by atoms with E-state index >= 15 is 0 Å². The largest absolute Gasteiger partial charge is 0.481 e. The number of hydrogen-bond acceptors (Lipinski definition) is 5. The first kappa shape index (κ1) is 23.8. The Bertz CT molecular complexity index is 499. The number of carboxylic acids is 1. The van der Waals surface area contributed by atoms with Crippen LogP contribution in [0.3, 0.4) is 0 Å². The number of unbranched alkanes of at least 4 members (excludes halogenated alkanes) is 1. The van der Waals surface area contributed by atoms with Crippen LogP contribution in [0.5, 0.6) is 0 Å². The Kier molecular flexibility index (Phi) is 10.2. The predicted molar refractivity (Wildman–Crippen MR) is 104 cm³/mol. The summed E-state index contributed by atoms with van der Waals surface area (Å²) < 4.78 is 5.42. The summed E-state index contributed by atoms with van der Waals surface area (Å²) in [5.41, 5.74) is -0.436. The van der Waals surface area contributed by atoms with E-state index in [0.717, 1.165) is 0 Å². The third-order valence-corrected chi connectivity index (χ3v) is 5.25. The van der Waals surface area contributed by atoms with E-state index in [1.807, 2.05) is 39.0 Å². The van der Waals surface area contributed by atoms with Crippen molar-refractivity contribution in [2.75, 3.05) is 13.2 Å². The second-order valence-corrected chi connectivity index (χ2v) is 8.06. The van der Waals surface area contributed by atoms with Gasteiger partial charge in [0.05, 0.1) is 24.9 Å². The van der Waals surface area contributed by atoms with Gasteiger partial charge in [-0.1, -0.05) is 38.2 Å². The van der Waals surface area contributed by atoms with Crippen molar-refractivity contribution in [2.24, 2.45) is 17.3 Å². The van der Waals surface area contributed by atoms with Crippen molar-refractivity contribution in [1.29, 1.82) is 0 Å². The summed E-state index contributed by atoms with van der Waals surface area (Å²) in [6.07, 6.45) is 7.83. The van der Waals surface area contributed by atoms with Gasteiger partial charge in [0.2, 0.25) is 0 Å². The lowest BCUT2D eigenvalue weighted by atomic mass is 9.84. The Morgan fingerprint density at radius 1 is 1.26 bits per heavy atom. The van der Waals surface area contributed by atoms with Crippen LogP contribution in [0, 0.1) is 17.3 Å². The topological polar surface area (TPSA) is 107 Å². The van der Waals surface area contributed by atoms with Crippen LogP contribution in [-0.4, -0.2) is 57.9 Å². The predicted octanol–water partition coefficient (Wildman–Crippen LogP) is 2.53.